The van der Waals surface area contributed by atoms with E-state index >= 15 is 0 Å². The van der Waals surface area contributed by atoms with Crippen molar-refractivity contribution in [2.24, 2.45) is 5.10 Å². The van der Waals surface area contributed by atoms with Gasteiger partial charge in [-0.05, 0) is 102 Å². The molecule has 3 N–H and O–H groups in total. The molecule has 0 aliphatic heterocycles. The van der Waals surface area contributed by atoms with Gasteiger partial charge in [0.25, 0.3) is 5.91 Å². The van der Waals surface area contributed by atoms with Crippen LogP contribution in [0, 0.1) is 17.4 Å². The maximum atomic E-state index is 12.4. The molecular weight excluding hydrogens is 603 g/mol. The van der Waals surface area contributed by atoms with Gasteiger partial charge < -0.3 is 24.8 Å². The average molecular weight is 630 g/mol. The van der Waals surface area contributed by atoms with E-state index in [1.165, 1.54) is 20.4 Å². The van der Waals surface area contributed by atoms with Crippen LogP contribution in [0.4, 0.5) is 11.4 Å². The molecule has 0 atom stereocenters. The van der Waals surface area contributed by atoms with E-state index in [-0.39, 0.29) is 12.5 Å². The second-order valence-corrected chi connectivity index (χ2v) is 9.21. The third kappa shape index (κ3) is 7.93. The van der Waals surface area contributed by atoms with Gasteiger partial charge in [-0.15, -0.1) is 0 Å². The van der Waals surface area contributed by atoms with Crippen molar-refractivity contribution in [1.29, 1.82) is 0 Å². The summed E-state index contributed by atoms with van der Waals surface area (Å²) in [4.78, 5) is 36.5. The van der Waals surface area contributed by atoms with Crippen LogP contribution in [-0.2, 0) is 14.4 Å². The van der Waals surface area contributed by atoms with Crippen molar-refractivity contribution >= 4 is 57.9 Å². The van der Waals surface area contributed by atoms with Gasteiger partial charge in [0, 0.05) is 11.4 Å². The van der Waals surface area contributed by atoms with E-state index in [9.17, 15) is 14.4 Å². The molecule has 0 heterocycles. The van der Waals surface area contributed by atoms with Gasteiger partial charge in [-0.2, -0.15) is 5.10 Å². The van der Waals surface area contributed by atoms with Crippen LogP contribution < -0.4 is 30.3 Å². The number of carbonyl (C=O) groups is 3. The maximum absolute atomic E-state index is 12.4. The number of hydrogen-bond acceptors (Lipinski definition) is 7. The van der Waals surface area contributed by atoms with Crippen molar-refractivity contribution in [3.8, 4) is 17.2 Å². The Morgan fingerprint density at radius 2 is 1.58 bits per heavy atom. The van der Waals surface area contributed by atoms with Crippen molar-refractivity contribution in [2.45, 2.75) is 13.8 Å². The van der Waals surface area contributed by atoms with Crippen LogP contribution in [0.3, 0.4) is 0 Å². The third-order valence-electron chi connectivity index (χ3n) is 5.32. The number of rotatable bonds is 9. The number of benzene rings is 3. The Kier molecular flexibility index (Phi) is 10.0. The molecule has 0 saturated carbocycles. The average Bonchev–Trinajstić information content (AvgIpc) is 2.90. The van der Waals surface area contributed by atoms with Crippen LogP contribution in [0.2, 0.25) is 0 Å². The van der Waals surface area contributed by atoms with Gasteiger partial charge >= 0.3 is 11.8 Å². The lowest BCUT2D eigenvalue weighted by Gasteiger charge is -2.14. The largest absolute Gasteiger partial charge is 0.497 e. The zero-order valence-electron chi connectivity index (χ0n) is 21.3. The van der Waals surface area contributed by atoms with Crippen LogP contribution in [0.5, 0.6) is 17.2 Å². The molecular formula is C27H27IN4O6. The van der Waals surface area contributed by atoms with Gasteiger partial charge in [-0.3, -0.25) is 14.4 Å². The van der Waals surface area contributed by atoms with Gasteiger partial charge in [-0.25, -0.2) is 5.43 Å². The molecule has 3 rings (SSSR count). The van der Waals surface area contributed by atoms with E-state index in [0.29, 0.717) is 37.8 Å². The zero-order chi connectivity index (χ0) is 27.7. The van der Waals surface area contributed by atoms with E-state index in [4.69, 9.17) is 14.2 Å². The minimum absolute atomic E-state index is 0.216. The van der Waals surface area contributed by atoms with E-state index in [0.717, 1.165) is 11.1 Å². The fourth-order valence-electron chi connectivity index (χ4n) is 3.19. The van der Waals surface area contributed by atoms with E-state index < -0.39 is 11.8 Å². The number of methoxy groups -OCH3 is 2. The summed E-state index contributed by atoms with van der Waals surface area (Å²) in [5.41, 5.74) is 6.10. The number of hydrazone groups is 1. The molecule has 10 nitrogen and oxygen atoms in total. The summed E-state index contributed by atoms with van der Waals surface area (Å²) in [6.45, 7) is 3.76. The highest BCUT2D eigenvalue weighted by Gasteiger charge is 2.15. The first-order valence-corrected chi connectivity index (χ1v) is 12.4. The summed E-state index contributed by atoms with van der Waals surface area (Å²) in [6, 6.07) is 15.6. The van der Waals surface area contributed by atoms with Crippen molar-refractivity contribution < 1.29 is 28.6 Å². The number of carbonyl (C=O) groups excluding carboxylic acids is 3. The SMILES string of the molecule is COc1ccc(NC(=O)C(=O)N/N=C\c2cc(I)c(OCC(=O)Nc3ccc(C)c(C)c3)c(OC)c2)cc1. The molecule has 11 heteroatoms. The lowest BCUT2D eigenvalue weighted by Crippen LogP contribution is -2.32. The minimum Gasteiger partial charge on any atom is -0.497 e. The molecule has 0 bridgehead atoms. The number of nitrogens with zero attached hydrogens (tertiary/aromatic N) is 1. The number of aryl methyl sites for hydroxylation is 2. The molecule has 0 unspecified atom stereocenters. The summed E-state index contributed by atoms with van der Waals surface area (Å²) in [7, 11) is 3.00. The Hall–Kier alpha value is -4.13. The normalized spacial score (nSPS) is 10.6. The summed E-state index contributed by atoms with van der Waals surface area (Å²) in [5, 5.41) is 9.12. The molecule has 0 aliphatic rings. The Morgan fingerprint density at radius 3 is 2.24 bits per heavy atom. The first-order chi connectivity index (χ1) is 18.2. The first kappa shape index (κ1) is 28.4. The molecule has 0 aromatic heterocycles. The summed E-state index contributed by atoms with van der Waals surface area (Å²) in [6.07, 6.45) is 1.36. The number of ether oxygens (including phenoxy) is 3. The highest BCUT2D eigenvalue weighted by Crippen LogP contribution is 2.33. The number of halogens is 1. The molecule has 0 aliphatic carbocycles. The fraction of sp³-hybridized carbons (Fsp3) is 0.185. The van der Waals surface area contributed by atoms with Crippen LogP contribution >= 0.6 is 22.6 Å². The second kappa shape index (κ2) is 13.4. The summed E-state index contributed by atoms with van der Waals surface area (Å²) >= 11 is 2.05. The zero-order valence-corrected chi connectivity index (χ0v) is 23.4. The first-order valence-electron chi connectivity index (χ1n) is 11.4. The van der Waals surface area contributed by atoms with Crippen LogP contribution in [0.25, 0.3) is 0 Å². The van der Waals surface area contributed by atoms with E-state index in [1.807, 2.05) is 54.6 Å². The van der Waals surface area contributed by atoms with Gasteiger partial charge in [0.2, 0.25) is 0 Å². The lowest BCUT2D eigenvalue weighted by molar-refractivity contribution is -0.136. The van der Waals surface area contributed by atoms with Gasteiger partial charge in [-0.1, -0.05) is 6.07 Å². The third-order valence-corrected chi connectivity index (χ3v) is 6.13. The topological polar surface area (TPSA) is 127 Å². The standard InChI is InChI=1S/C27H27IN4O6/c1-16-5-6-20(11-17(16)2)30-24(33)15-38-25-22(28)12-18(13-23(25)37-4)14-29-32-27(35)26(34)31-19-7-9-21(36-3)10-8-19/h5-14H,15H2,1-4H3,(H,30,33)(H,31,34)(H,32,35)/b29-14-. The molecule has 0 radical (unpaired) electrons. The monoisotopic (exact) mass is 630 g/mol. The Morgan fingerprint density at radius 1 is 0.868 bits per heavy atom. The Balaban J connectivity index is 1.57. The van der Waals surface area contributed by atoms with E-state index in [2.05, 4.69) is 21.2 Å². The Bertz CT molecular complexity index is 1360. The summed E-state index contributed by atoms with van der Waals surface area (Å²) in [5.74, 6) is -0.730. The molecule has 0 fully saturated rings. The van der Waals surface area contributed by atoms with Gasteiger partial charge in [0.15, 0.2) is 18.1 Å². The second-order valence-electron chi connectivity index (χ2n) is 8.05. The Labute approximate surface area is 233 Å². The quantitative estimate of drug-likeness (QED) is 0.142. The molecule has 3 aromatic carbocycles. The van der Waals surface area contributed by atoms with Crippen molar-refractivity contribution in [3.63, 3.8) is 0 Å². The molecule has 0 spiro atoms. The fourth-order valence-corrected chi connectivity index (χ4v) is 3.97. The lowest BCUT2D eigenvalue weighted by atomic mass is 10.1. The van der Waals surface area contributed by atoms with Crippen LogP contribution in [-0.4, -0.2) is 44.8 Å². The maximum Gasteiger partial charge on any atom is 0.329 e. The number of nitrogens with one attached hydrogen (secondary N) is 3. The molecule has 3 aromatic rings. The smallest absolute Gasteiger partial charge is 0.329 e. The predicted molar refractivity (Wildman–Crippen MR) is 153 cm³/mol. The van der Waals surface area contributed by atoms with Crippen molar-refractivity contribution in [1.82, 2.24) is 5.43 Å². The predicted octanol–water partition coefficient (Wildman–Crippen LogP) is 4.03. The number of anilines is 2. The minimum atomic E-state index is -0.937. The van der Waals surface area contributed by atoms with Crippen molar-refractivity contribution in [3.05, 3.63) is 74.9 Å². The molecule has 0 saturated heterocycles. The van der Waals surface area contributed by atoms with Gasteiger partial charge in [0.05, 0.1) is 24.0 Å². The van der Waals surface area contributed by atoms with Crippen LogP contribution in [0.15, 0.2) is 59.7 Å². The summed E-state index contributed by atoms with van der Waals surface area (Å²) < 4.78 is 16.9. The van der Waals surface area contributed by atoms with Crippen LogP contribution in [0.1, 0.15) is 16.7 Å². The highest BCUT2D eigenvalue weighted by atomic mass is 127. The molecule has 198 valence electrons. The van der Waals surface area contributed by atoms with E-state index in [1.54, 1.807) is 36.4 Å². The highest BCUT2D eigenvalue weighted by molar-refractivity contribution is 14.1. The molecule has 38 heavy (non-hydrogen) atoms. The van der Waals surface area contributed by atoms with Gasteiger partial charge in [0.1, 0.15) is 5.75 Å². The molecule has 3 amide bonds. The number of amides is 3. The van der Waals surface area contributed by atoms with Crippen molar-refractivity contribution in [2.75, 3.05) is 31.5 Å². The number of hydrogen-bond donors (Lipinski definition) is 3.